The van der Waals surface area contributed by atoms with Gasteiger partial charge < -0.3 is 15.2 Å². The molecule has 8 heteroatoms. The highest BCUT2D eigenvalue weighted by Gasteiger charge is 2.17. The van der Waals surface area contributed by atoms with Crippen molar-refractivity contribution in [1.82, 2.24) is 19.5 Å². The third-order valence-corrected chi connectivity index (χ3v) is 5.22. The Morgan fingerprint density at radius 2 is 1.84 bits per heavy atom. The van der Waals surface area contributed by atoms with Crippen molar-refractivity contribution in [2.45, 2.75) is 33.4 Å². The van der Waals surface area contributed by atoms with Gasteiger partial charge >= 0.3 is 0 Å². The second-order valence-corrected chi connectivity index (χ2v) is 7.68. The number of carbonyl (C=O) groups is 2. The lowest BCUT2D eigenvalue weighted by Crippen LogP contribution is -2.34. The van der Waals surface area contributed by atoms with E-state index in [9.17, 15) is 14.4 Å². The molecule has 2 heterocycles. The molecule has 0 spiro atoms. The molecule has 2 aromatic carbocycles. The molecule has 0 fully saturated rings. The Labute approximate surface area is 178 Å². The number of H-pyrrole nitrogens is 1. The zero-order chi connectivity index (χ0) is 22.1. The fourth-order valence-electron chi connectivity index (χ4n) is 3.59. The monoisotopic (exact) mass is 417 g/mol. The Morgan fingerprint density at radius 3 is 2.52 bits per heavy atom. The normalized spacial score (nSPS) is 11.2. The molecule has 2 aromatic heterocycles. The topological polar surface area (TPSA) is 99.6 Å². The molecule has 0 aliphatic rings. The van der Waals surface area contributed by atoms with E-state index in [1.54, 1.807) is 46.7 Å². The maximum Gasteiger partial charge on any atom is 0.261 e. The van der Waals surface area contributed by atoms with E-state index < -0.39 is 0 Å². The highest BCUT2D eigenvalue weighted by atomic mass is 16.2. The molecule has 2 amide bonds. The fraction of sp³-hybridized carbons (Fsp3) is 0.217. The van der Waals surface area contributed by atoms with Crippen LogP contribution in [0.4, 0.5) is 5.69 Å². The van der Waals surface area contributed by atoms with Gasteiger partial charge in [0.2, 0.25) is 5.91 Å². The van der Waals surface area contributed by atoms with Crippen LogP contribution < -0.4 is 10.9 Å². The number of aromatic amines is 1. The van der Waals surface area contributed by atoms with Crippen LogP contribution in [0.15, 0.2) is 59.5 Å². The van der Waals surface area contributed by atoms with E-state index >= 15 is 0 Å². The number of fused-ring (bicyclic) bond motifs is 3. The van der Waals surface area contributed by atoms with Crippen molar-refractivity contribution in [2.75, 3.05) is 5.32 Å². The molecule has 0 radical (unpaired) electrons. The van der Waals surface area contributed by atoms with Crippen molar-refractivity contribution in [2.24, 2.45) is 0 Å². The third-order valence-electron chi connectivity index (χ3n) is 5.22. The van der Waals surface area contributed by atoms with Gasteiger partial charge in [-0.2, -0.15) is 5.10 Å². The predicted molar refractivity (Wildman–Crippen MR) is 119 cm³/mol. The summed E-state index contributed by atoms with van der Waals surface area (Å²) in [4.78, 5) is 41.5. The molecule has 8 nitrogen and oxygen atoms in total. The first kappa shape index (κ1) is 20.3. The summed E-state index contributed by atoms with van der Waals surface area (Å²) in [5.41, 5.74) is 2.54. The maximum atomic E-state index is 12.8. The van der Waals surface area contributed by atoms with Gasteiger partial charge in [0, 0.05) is 25.2 Å². The van der Waals surface area contributed by atoms with Gasteiger partial charge in [0.1, 0.15) is 11.2 Å². The summed E-state index contributed by atoms with van der Waals surface area (Å²) < 4.78 is 1.55. The number of anilines is 1. The van der Waals surface area contributed by atoms with E-state index in [-0.39, 0.29) is 29.0 Å². The van der Waals surface area contributed by atoms with Gasteiger partial charge in [0.05, 0.1) is 17.1 Å². The molecule has 31 heavy (non-hydrogen) atoms. The predicted octanol–water partition coefficient (Wildman–Crippen LogP) is 3.19. The van der Waals surface area contributed by atoms with Gasteiger partial charge in [-0.15, -0.1) is 0 Å². The van der Waals surface area contributed by atoms with Crippen LogP contribution in [0.3, 0.4) is 0 Å². The SMILES string of the molecule is CC(=O)N(Cc1ccc(NC(=O)c2cnn3c2[nH]c(=O)c2ccccc23)cc1)C(C)C. The first-order valence-corrected chi connectivity index (χ1v) is 10.0. The number of hydrogen-bond donors (Lipinski definition) is 2. The molecule has 0 aliphatic carbocycles. The molecule has 0 atom stereocenters. The summed E-state index contributed by atoms with van der Waals surface area (Å²) >= 11 is 0. The molecule has 0 bridgehead atoms. The standard InChI is InChI=1S/C23H23N5O3/c1-14(2)27(15(3)29)13-16-8-10-17(11-9-16)25-23(31)19-12-24-28-20-7-5-4-6-18(20)22(30)26-21(19)28/h4-12,14H,13H2,1-3H3,(H,25,31)(H,26,30). The van der Waals surface area contributed by atoms with Crippen molar-refractivity contribution < 1.29 is 9.59 Å². The number of aromatic nitrogens is 3. The third kappa shape index (κ3) is 3.92. The molecule has 4 aromatic rings. The molecule has 0 saturated carbocycles. The van der Waals surface area contributed by atoms with Gasteiger partial charge in [-0.05, 0) is 43.7 Å². The summed E-state index contributed by atoms with van der Waals surface area (Å²) in [6, 6.07) is 14.5. The van der Waals surface area contributed by atoms with E-state index in [0.29, 0.717) is 28.8 Å². The maximum absolute atomic E-state index is 12.8. The van der Waals surface area contributed by atoms with Crippen LogP contribution in [-0.2, 0) is 11.3 Å². The van der Waals surface area contributed by atoms with Gasteiger partial charge in [-0.3, -0.25) is 14.4 Å². The fourth-order valence-corrected chi connectivity index (χ4v) is 3.59. The number of rotatable bonds is 5. The van der Waals surface area contributed by atoms with E-state index in [2.05, 4.69) is 15.4 Å². The van der Waals surface area contributed by atoms with E-state index in [0.717, 1.165) is 5.56 Å². The highest BCUT2D eigenvalue weighted by Crippen LogP contribution is 2.17. The lowest BCUT2D eigenvalue weighted by molar-refractivity contribution is -0.131. The van der Waals surface area contributed by atoms with Crippen molar-refractivity contribution in [3.8, 4) is 0 Å². The quantitative estimate of drug-likeness (QED) is 0.521. The first-order chi connectivity index (χ1) is 14.8. The van der Waals surface area contributed by atoms with Gasteiger partial charge in [0.25, 0.3) is 11.5 Å². The van der Waals surface area contributed by atoms with Crippen molar-refractivity contribution in [3.63, 3.8) is 0 Å². The minimum atomic E-state index is -0.374. The lowest BCUT2D eigenvalue weighted by Gasteiger charge is -2.25. The number of para-hydroxylation sites is 1. The van der Waals surface area contributed by atoms with E-state index in [4.69, 9.17) is 0 Å². The number of benzene rings is 2. The zero-order valence-corrected chi connectivity index (χ0v) is 17.5. The van der Waals surface area contributed by atoms with E-state index in [1.807, 2.05) is 32.0 Å². The second-order valence-electron chi connectivity index (χ2n) is 7.68. The van der Waals surface area contributed by atoms with Crippen LogP contribution in [0.25, 0.3) is 16.6 Å². The van der Waals surface area contributed by atoms with Crippen molar-refractivity contribution in [3.05, 3.63) is 76.2 Å². The zero-order valence-electron chi connectivity index (χ0n) is 17.5. The summed E-state index contributed by atoms with van der Waals surface area (Å²) in [5.74, 6) is -0.358. The minimum Gasteiger partial charge on any atom is -0.336 e. The Balaban J connectivity index is 1.57. The van der Waals surface area contributed by atoms with Gasteiger partial charge in [0.15, 0.2) is 0 Å². The van der Waals surface area contributed by atoms with Crippen LogP contribution in [0.5, 0.6) is 0 Å². The van der Waals surface area contributed by atoms with Crippen molar-refractivity contribution in [1.29, 1.82) is 0 Å². The molecule has 158 valence electrons. The number of amides is 2. The Kier molecular flexibility index (Phi) is 5.29. The summed E-state index contributed by atoms with van der Waals surface area (Å²) in [6.07, 6.45) is 1.44. The summed E-state index contributed by atoms with van der Waals surface area (Å²) in [7, 11) is 0. The average molecular weight is 417 g/mol. The number of nitrogens with zero attached hydrogens (tertiary/aromatic N) is 3. The van der Waals surface area contributed by atoms with E-state index in [1.165, 1.54) is 6.20 Å². The molecule has 2 N–H and O–H groups in total. The number of carbonyl (C=O) groups excluding carboxylic acids is 2. The summed E-state index contributed by atoms with van der Waals surface area (Å²) in [6.45, 7) is 6.00. The minimum absolute atomic E-state index is 0.0157. The number of hydrogen-bond acceptors (Lipinski definition) is 4. The van der Waals surface area contributed by atoms with Gasteiger partial charge in [-0.1, -0.05) is 24.3 Å². The highest BCUT2D eigenvalue weighted by molar-refractivity contribution is 6.08. The smallest absolute Gasteiger partial charge is 0.261 e. The lowest BCUT2D eigenvalue weighted by atomic mass is 10.1. The Morgan fingerprint density at radius 1 is 1.13 bits per heavy atom. The molecular formula is C23H23N5O3. The number of nitrogens with one attached hydrogen (secondary N) is 2. The average Bonchev–Trinajstić information content (AvgIpc) is 3.17. The second kappa shape index (κ2) is 8.06. The molecule has 4 rings (SSSR count). The van der Waals surface area contributed by atoms with Gasteiger partial charge in [-0.25, -0.2) is 4.52 Å². The molecule has 0 aliphatic heterocycles. The van der Waals surface area contributed by atoms with Crippen molar-refractivity contribution >= 4 is 34.1 Å². The van der Waals surface area contributed by atoms with Crippen LogP contribution in [0.2, 0.25) is 0 Å². The van der Waals surface area contributed by atoms with Crippen LogP contribution >= 0.6 is 0 Å². The first-order valence-electron chi connectivity index (χ1n) is 10.0. The van der Waals surface area contributed by atoms with Crippen LogP contribution in [-0.4, -0.2) is 37.4 Å². The molecular weight excluding hydrogens is 394 g/mol. The van der Waals surface area contributed by atoms with Crippen LogP contribution in [0.1, 0.15) is 36.7 Å². The summed E-state index contributed by atoms with van der Waals surface area (Å²) in [5, 5.41) is 7.62. The Hall–Kier alpha value is -3.94. The van der Waals surface area contributed by atoms with Crippen LogP contribution in [0, 0.1) is 0 Å². The Bertz CT molecular complexity index is 1340. The largest absolute Gasteiger partial charge is 0.336 e. The molecule has 0 saturated heterocycles. The molecule has 0 unspecified atom stereocenters.